The number of carboxylic acid groups (broad SMARTS) is 2. The van der Waals surface area contributed by atoms with Gasteiger partial charge in [0.1, 0.15) is 5.82 Å². The van der Waals surface area contributed by atoms with E-state index < -0.39 is 11.9 Å². The Morgan fingerprint density at radius 1 is 1.00 bits per heavy atom. The average Bonchev–Trinajstić information content (AvgIpc) is 2.84. The third-order valence-corrected chi connectivity index (χ3v) is 6.41. The zero-order valence-electron chi connectivity index (χ0n) is 19.3. The zero-order valence-corrected chi connectivity index (χ0v) is 20.1. The number of hydrogen-bond acceptors (Lipinski definition) is 9. The lowest BCUT2D eigenvalue weighted by atomic mass is 10.3. The lowest BCUT2D eigenvalue weighted by Gasteiger charge is -2.36. The number of nitrogens with zero attached hydrogens (tertiary/aromatic N) is 5. The molecule has 1 aliphatic heterocycles. The highest BCUT2D eigenvalue weighted by Crippen LogP contribution is 2.22. The molecule has 2 heterocycles. The van der Waals surface area contributed by atoms with Crippen LogP contribution < -0.4 is 16.1 Å². The summed E-state index contributed by atoms with van der Waals surface area (Å²) < 4.78 is 2.64. The van der Waals surface area contributed by atoms with E-state index in [9.17, 15) is 19.7 Å². The van der Waals surface area contributed by atoms with E-state index in [1.807, 2.05) is 0 Å². The number of aliphatic carboxylic acids is 2. The van der Waals surface area contributed by atoms with E-state index in [0.717, 1.165) is 54.4 Å². The number of thioether (sulfide) groups is 1. The highest BCUT2D eigenvalue weighted by molar-refractivity contribution is 7.99. The van der Waals surface area contributed by atoms with E-state index in [2.05, 4.69) is 9.80 Å². The summed E-state index contributed by atoms with van der Waals surface area (Å²) in [4.78, 5) is 58.1. The summed E-state index contributed by atoms with van der Waals surface area (Å²) >= 11 is 1.70. The van der Waals surface area contributed by atoms with Crippen molar-refractivity contribution >= 4 is 35.2 Å². The van der Waals surface area contributed by atoms with E-state index in [1.165, 1.54) is 29.8 Å². The number of rotatable bonds is 7. The molecule has 1 aromatic carbocycles. The molecule has 0 aliphatic carbocycles. The Bertz CT molecular complexity index is 1160. The maximum Gasteiger partial charge on any atom is 0.414 e. The highest BCUT2D eigenvalue weighted by atomic mass is 32.2. The first-order chi connectivity index (χ1) is 16.5. The van der Waals surface area contributed by atoms with Crippen molar-refractivity contribution in [3.8, 4) is 0 Å². The average molecular weight is 510 g/mol. The van der Waals surface area contributed by atoms with E-state index in [1.54, 1.807) is 30.9 Å². The normalized spacial score (nSPS) is 13.6. The minimum absolute atomic E-state index is 0.112. The third-order valence-electron chi connectivity index (χ3n) is 5.31. The monoisotopic (exact) mass is 509 g/mol. The molecule has 0 amide bonds. The van der Waals surface area contributed by atoms with E-state index in [0.29, 0.717) is 5.82 Å². The fourth-order valence-corrected chi connectivity index (χ4v) is 4.21. The molecule has 0 saturated carbocycles. The maximum absolute atomic E-state index is 12.1. The predicted octanol–water partition coefficient (Wildman–Crippen LogP) is 0.452. The van der Waals surface area contributed by atoms with Gasteiger partial charge in [-0.3, -0.25) is 28.9 Å². The molecule has 1 aliphatic rings. The van der Waals surface area contributed by atoms with E-state index in [-0.39, 0.29) is 21.9 Å². The van der Waals surface area contributed by atoms with Gasteiger partial charge in [-0.25, -0.2) is 14.4 Å². The molecule has 1 saturated heterocycles. The summed E-state index contributed by atoms with van der Waals surface area (Å²) in [6, 6.07) is 8.17. The molecule has 1 aromatic heterocycles. The van der Waals surface area contributed by atoms with Gasteiger partial charge in [0.05, 0.1) is 4.92 Å². The van der Waals surface area contributed by atoms with Gasteiger partial charge in [-0.2, -0.15) is 0 Å². The number of hydrogen-bond donors (Lipinski definition) is 2. The van der Waals surface area contributed by atoms with Crippen LogP contribution in [0.1, 0.15) is 6.42 Å². The smallest absolute Gasteiger partial charge is 0.414 e. The first-order valence-corrected chi connectivity index (χ1v) is 11.6. The van der Waals surface area contributed by atoms with Gasteiger partial charge < -0.3 is 15.1 Å². The van der Waals surface area contributed by atoms with Crippen molar-refractivity contribution in [3.63, 3.8) is 0 Å². The minimum atomic E-state index is -1.82. The van der Waals surface area contributed by atoms with Crippen molar-refractivity contribution in [2.45, 2.75) is 11.3 Å². The molecule has 190 valence electrons. The zero-order chi connectivity index (χ0) is 26.1. The van der Waals surface area contributed by atoms with Crippen LogP contribution in [0.5, 0.6) is 0 Å². The van der Waals surface area contributed by atoms with Crippen LogP contribution in [0.25, 0.3) is 0 Å². The molecule has 2 aromatic rings. The van der Waals surface area contributed by atoms with Crippen LogP contribution >= 0.6 is 11.8 Å². The van der Waals surface area contributed by atoms with Crippen LogP contribution in [0.3, 0.4) is 0 Å². The number of nitro groups is 1. The molecule has 1 fully saturated rings. The van der Waals surface area contributed by atoms with Gasteiger partial charge in [0, 0.05) is 63.4 Å². The fraction of sp³-hybridized carbons (Fsp3) is 0.429. The standard InChI is InChI=1S/C19H25N5O4S.C2H2O4/c1-20-17(14-18(25)21(2)19(20)26)23-11-9-22(10-12-23)8-3-13-29-16-6-4-15(5-7-16)24(27)28;3-1(4)2(5)6/h4-7,14H,3,8-13H2,1-2H3;(H,3,4)(H,5,6). The number of carboxylic acids is 2. The second kappa shape index (κ2) is 12.7. The summed E-state index contributed by atoms with van der Waals surface area (Å²) in [7, 11) is 3.18. The minimum Gasteiger partial charge on any atom is -0.473 e. The molecule has 0 bridgehead atoms. The number of anilines is 1. The first kappa shape index (κ1) is 27.6. The predicted molar refractivity (Wildman–Crippen MR) is 129 cm³/mol. The lowest BCUT2D eigenvalue weighted by molar-refractivity contribution is -0.384. The summed E-state index contributed by atoms with van der Waals surface area (Å²) in [5.41, 5.74) is -0.479. The number of nitro benzene ring substituents is 1. The number of non-ortho nitro benzene ring substituents is 1. The molecule has 2 N–H and O–H groups in total. The Labute approximate surface area is 204 Å². The Morgan fingerprint density at radius 2 is 1.57 bits per heavy atom. The summed E-state index contributed by atoms with van der Waals surface area (Å²) in [6.45, 7) is 4.28. The van der Waals surface area contributed by atoms with Crippen LogP contribution in [-0.2, 0) is 23.7 Å². The summed E-state index contributed by atoms with van der Waals surface area (Å²) in [6.07, 6.45) is 1.02. The fourth-order valence-electron chi connectivity index (χ4n) is 3.37. The van der Waals surface area contributed by atoms with Crippen molar-refractivity contribution in [1.82, 2.24) is 14.0 Å². The van der Waals surface area contributed by atoms with Gasteiger partial charge in [0.15, 0.2) is 0 Å². The Kier molecular flexibility index (Phi) is 10.0. The van der Waals surface area contributed by atoms with Crippen LogP contribution in [0.2, 0.25) is 0 Å². The quantitative estimate of drug-likeness (QED) is 0.175. The highest BCUT2D eigenvalue weighted by Gasteiger charge is 2.20. The Morgan fingerprint density at radius 3 is 2.09 bits per heavy atom. The molecule has 0 atom stereocenters. The van der Waals surface area contributed by atoms with Crippen molar-refractivity contribution < 1.29 is 24.7 Å². The second-order valence-electron chi connectivity index (χ2n) is 7.63. The molecule has 13 nitrogen and oxygen atoms in total. The molecule has 35 heavy (non-hydrogen) atoms. The van der Waals surface area contributed by atoms with Gasteiger partial charge >= 0.3 is 17.6 Å². The van der Waals surface area contributed by atoms with Gasteiger partial charge in [0.25, 0.3) is 11.2 Å². The Balaban J connectivity index is 0.000000641. The van der Waals surface area contributed by atoms with Crippen LogP contribution in [-0.4, -0.2) is 79.6 Å². The second-order valence-corrected chi connectivity index (χ2v) is 8.80. The summed E-state index contributed by atoms with van der Waals surface area (Å²) in [5.74, 6) is -2.03. The van der Waals surface area contributed by atoms with E-state index in [4.69, 9.17) is 19.8 Å². The number of benzene rings is 1. The van der Waals surface area contributed by atoms with Crippen LogP contribution in [0.15, 0.2) is 44.8 Å². The maximum atomic E-state index is 12.1. The molecular formula is C21H27N5O8S. The largest absolute Gasteiger partial charge is 0.473 e. The van der Waals surface area contributed by atoms with Crippen molar-refractivity contribution in [2.75, 3.05) is 43.4 Å². The number of piperazine rings is 1. The molecular weight excluding hydrogens is 482 g/mol. The molecule has 0 radical (unpaired) electrons. The van der Waals surface area contributed by atoms with Gasteiger partial charge in [-0.1, -0.05) is 0 Å². The van der Waals surface area contributed by atoms with Crippen molar-refractivity contribution in [3.05, 3.63) is 61.3 Å². The molecule has 0 spiro atoms. The molecule has 3 rings (SSSR count). The first-order valence-electron chi connectivity index (χ1n) is 10.6. The molecule has 14 heteroatoms. The Hall–Kier alpha value is -3.65. The van der Waals surface area contributed by atoms with Gasteiger partial charge in [-0.15, -0.1) is 11.8 Å². The van der Waals surface area contributed by atoms with Crippen molar-refractivity contribution in [1.29, 1.82) is 0 Å². The van der Waals surface area contributed by atoms with Gasteiger partial charge in [0.2, 0.25) is 0 Å². The van der Waals surface area contributed by atoms with Gasteiger partial charge in [-0.05, 0) is 30.9 Å². The van der Waals surface area contributed by atoms with E-state index >= 15 is 0 Å². The molecule has 0 unspecified atom stereocenters. The lowest BCUT2D eigenvalue weighted by Crippen LogP contribution is -2.49. The summed E-state index contributed by atoms with van der Waals surface area (Å²) in [5, 5.41) is 25.5. The van der Waals surface area contributed by atoms with Crippen LogP contribution in [0, 0.1) is 10.1 Å². The SMILES string of the molecule is Cn1c(N2CCN(CCCSc3ccc([N+](=O)[O-])cc3)CC2)cc(=O)n(C)c1=O.O=C(O)C(=O)O. The van der Waals surface area contributed by atoms with Crippen molar-refractivity contribution in [2.24, 2.45) is 14.1 Å². The number of carbonyl (C=O) groups is 2. The van der Waals surface area contributed by atoms with Crippen LogP contribution in [0.4, 0.5) is 11.5 Å². The third kappa shape index (κ3) is 7.96. The topological polar surface area (TPSA) is 168 Å². The number of aromatic nitrogens is 2.